The number of ether oxygens (including phenoxy) is 1. The number of methoxy groups -OCH3 is 1. The first-order valence-corrected chi connectivity index (χ1v) is 3.95. The average molecular weight is 182 g/mol. The van der Waals surface area contributed by atoms with Crippen molar-refractivity contribution >= 4 is 5.95 Å². The van der Waals surface area contributed by atoms with Crippen molar-refractivity contribution in [1.82, 2.24) is 15.0 Å². The van der Waals surface area contributed by atoms with E-state index >= 15 is 0 Å². The second kappa shape index (κ2) is 4.04. The molecule has 0 aliphatic rings. The molecule has 1 heterocycles. The van der Waals surface area contributed by atoms with Crippen LogP contribution in [0.3, 0.4) is 0 Å². The molecule has 5 nitrogen and oxygen atoms in total. The molecule has 0 bridgehead atoms. The van der Waals surface area contributed by atoms with Crippen LogP contribution >= 0.6 is 0 Å². The van der Waals surface area contributed by atoms with Crippen molar-refractivity contribution in [3.63, 3.8) is 0 Å². The Morgan fingerprint density at radius 1 is 1.38 bits per heavy atom. The highest BCUT2D eigenvalue weighted by molar-refractivity contribution is 5.29. The Labute approximate surface area is 77.7 Å². The largest absolute Gasteiger partial charge is 0.481 e. The minimum Gasteiger partial charge on any atom is -0.481 e. The first-order chi connectivity index (χ1) is 6.11. The summed E-state index contributed by atoms with van der Waals surface area (Å²) in [5.74, 6) is 1.11. The van der Waals surface area contributed by atoms with Gasteiger partial charge in [0, 0.05) is 25.9 Å². The van der Waals surface area contributed by atoms with Gasteiger partial charge in [0.25, 0.3) is 0 Å². The molecule has 0 aliphatic heterocycles. The maximum absolute atomic E-state index is 5.01. The predicted molar refractivity (Wildman–Crippen MR) is 50.6 cm³/mol. The van der Waals surface area contributed by atoms with Gasteiger partial charge in [-0.3, -0.25) is 5.43 Å². The van der Waals surface area contributed by atoms with Crippen LogP contribution in [0.2, 0.25) is 0 Å². The van der Waals surface area contributed by atoms with E-state index in [-0.39, 0.29) is 0 Å². The lowest BCUT2D eigenvalue weighted by molar-refractivity contribution is 0.395. The summed E-state index contributed by atoms with van der Waals surface area (Å²) in [5, 5.41) is 1.77. The van der Waals surface area contributed by atoms with Gasteiger partial charge in [0.1, 0.15) is 0 Å². The smallest absolute Gasteiger partial charge is 0.241 e. The van der Waals surface area contributed by atoms with Crippen LogP contribution in [-0.2, 0) is 0 Å². The third-order valence-electron chi connectivity index (χ3n) is 1.36. The van der Waals surface area contributed by atoms with Crippen molar-refractivity contribution in [3.05, 3.63) is 11.8 Å². The number of hydrazine groups is 1. The molecule has 0 atom stereocenters. The zero-order valence-electron chi connectivity index (χ0n) is 8.33. The fourth-order valence-corrected chi connectivity index (χ4v) is 0.894. The van der Waals surface area contributed by atoms with E-state index in [1.807, 2.05) is 21.0 Å². The van der Waals surface area contributed by atoms with Gasteiger partial charge in [-0.25, -0.2) is 9.99 Å². The van der Waals surface area contributed by atoms with Crippen LogP contribution in [0.4, 0.5) is 5.95 Å². The van der Waals surface area contributed by atoms with Crippen molar-refractivity contribution in [2.24, 2.45) is 0 Å². The first kappa shape index (κ1) is 9.73. The van der Waals surface area contributed by atoms with E-state index in [0.717, 1.165) is 5.69 Å². The van der Waals surface area contributed by atoms with Crippen molar-refractivity contribution in [3.8, 4) is 5.88 Å². The molecule has 0 unspecified atom stereocenters. The van der Waals surface area contributed by atoms with Gasteiger partial charge < -0.3 is 4.74 Å². The summed E-state index contributed by atoms with van der Waals surface area (Å²) in [5.41, 5.74) is 3.82. The summed E-state index contributed by atoms with van der Waals surface area (Å²) in [6.07, 6.45) is 0. The van der Waals surface area contributed by atoms with Gasteiger partial charge in [0.2, 0.25) is 11.8 Å². The van der Waals surface area contributed by atoms with Crippen LogP contribution < -0.4 is 10.2 Å². The molecule has 0 saturated carbocycles. The van der Waals surface area contributed by atoms with E-state index in [2.05, 4.69) is 15.4 Å². The van der Waals surface area contributed by atoms with Gasteiger partial charge in [-0.1, -0.05) is 0 Å². The molecule has 0 spiro atoms. The topological polar surface area (TPSA) is 50.3 Å². The molecular formula is C8H14N4O. The molecule has 5 heteroatoms. The number of anilines is 1. The highest BCUT2D eigenvalue weighted by Crippen LogP contribution is 2.10. The van der Waals surface area contributed by atoms with Crippen molar-refractivity contribution in [2.45, 2.75) is 6.92 Å². The quantitative estimate of drug-likeness (QED) is 0.697. The second-order valence-corrected chi connectivity index (χ2v) is 2.88. The molecule has 1 aromatic rings. The van der Waals surface area contributed by atoms with Gasteiger partial charge in [-0.2, -0.15) is 4.98 Å². The van der Waals surface area contributed by atoms with Gasteiger partial charge >= 0.3 is 0 Å². The highest BCUT2D eigenvalue weighted by Gasteiger charge is 2.01. The van der Waals surface area contributed by atoms with E-state index < -0.39 is 0 Å². The number of rotatable bonds is 3. The molecule has 1 aromatic heterocycles. The third kappa shape index (κ3) is 2.87. The molecule has 0 radical (unpaired) electrons. The molecule has 1 N–H and O–H groups in total. The molecule has 0 amide bonds. The number of nitrogens with zero attached hydrogens (tertiary/aromatic N) is 3. The monoisotopic (exact) mass is 182 g/mol. The van der Waals surface area contributed by atoms with Crippen molar-refractivity contribution in [1.29, 1.82) is 0 Å². The van der Waals surface area contributed by atoms with E-state index in [0.29, 0.717) is 11.8 Å². The van der Waals surface area contributed by atoms with Crippen molar-refractivity contribution < 1.29 is 4.74 Å². The summed E-state index contributed by atoms with van der Waals surface area (Å²) in [6.45, 7) is 1.89. The lowest BCUT2D eigenvalue weighted by Crippen LogP contribution is -2.21. The van der Waals surface area contributed by atoms with Gasteiger partial charge in [-0.05, 0) is 6.92 Å². The maximum atomic E-state index is 5.01. The van der Waals surface area contributed by atoms with Crippen LogP contribution in [0.1, 0.15) is 5.69 Å². The minimum absolute atomic E-state index is 0.543. The molecule has 1 rings (SSSR count). The van der Waals surface area contributed by atoms with Gasteiger partial charge in [-0.15, -0.1) is 0 Å². The number of nitrogens with one attached hydrogen (secondary N) is 1. The predicted octanol–water partition coefficient (Wildman–Crippen LogP) is 0.682. The first-order valence-electron chi connectivity index (χ1n) is 3.95. The average Bonchev–Trinajstić information content (AvgIpc) is 2.01. The highest BCUT2D eigenvalue weighted by atomic mass is 16.5. The zero-order chi connectivity index (χ0) is 9.84. The summed E-state index contributed by atoms with van der Waals surface area (Å²) in [6, 6.07) is 1.78. The Balaban J connectivity index is 2.88. The molecule has 0 aromatic carbocycles. The normalized spacial score (nSPS) is 10.2. The van der Waals surface area contributed by atoms with Gasteiger partial charge in [0.15, 0.2) is 0 Å². The van der Waals surface area contributed by atoms with E-state index in [4.69, 9.17) is 4.74 Å². The Kier molecular flexibility index (Phi) is 3.02. The van der Waals surface area contributed by atoms with Crippen LogP contribution in [0, 0.1) is 6.92 Å². The number of hydrogen-bond donors (Lipinski definition) is 1. The fourth-order valence-electron chi connectivity index (χ4n) is 0.894. The molecule has 0 saturated heterocycles. The summed E-state index contributed by atoms with van der Waals surface area (Å²) in [7, 11) is 5.33. The molecular weight excluding hydrogens is 168 g/mol. The van der Waals surface area contributed by atoms with E-state index in [1.165, 1.54) is 0 Å². The lowest BCUT2D eigenvalue weighted by Gasteiger charge is -2.12. The molecule has 13 heavy (non-hydrogen) atoms. The van der Waals surface area contributed by atoms with E-state index in [1.54, 1.807) is 18.2 Å². The number of hydrogen-bond acceptors (Lipinski definition) is 5. The third-order valence-corrected chi connectivity index (χ3v) is 1.36. The van der Waals surface area contributed by atoms with Crippen LogP contribution in [0.5, 0.6) is 5.88 Å². The minimum atomic E-state index is 0.543. The molecule has 0 fully saturated rings. The fraction of sp³-hybridized carbons (Fsp3) is 0.500. The summed E-state index contributed by atoms with van der Waals surface area (Å²) in [4.78, 5) is 8.28. The summed E-state index contributed by atoms with van der Waals surface area (Å²) >= 11 is 0. The van der Waals surface area contributed by atoms with Crippen molar-refractivity contribution in [2.75, 3.05) is 26.6 Å². The molecule has 72 valence electrons. The number of aromatic nitrogens is 2. The second-order valence-electron chi connectivity index (χ2n) is 2.88. The van der Waals surface area contributed by atoms with Crippen LogP contribution in [0.15, 0.2) is 6.07 Å². The summed E-state index contributed by atoms with van der Waals surface area (Å²) < 4.78 is 5.01. The Hall–Kier alpha value is -1.36. The standard InChI is InChI=1S/C8H14N4O/c1-6-5-7(13-4)10-8(9-6)11-12(2)3/h5H,1-4H3,(H,9,10,11). The van der Waals surface area contributed by atoms with Gasteiger partial charge in [0.05, 0.1) is 7.11 Å². The zero-order valence-corrected chi connectivity index (χ0v) is 8.33. The van der Waals surface area contributed by atoms with Crippen LogP contribution in [0.25, 0.3) is 0 Å². The molecule has 0 aliphatic carbocycles. The SMILES string of the molecule is COc1cc(C)nc(NN(C)C)n1. The Morgan fingerprint density at radius 3 is 2.62 bits per heavy atom. The number of aryl methyl sites for hydroxylation is 1. The Bertz CT molecular complexity index is 287. The van der Waals surface area contributed by atoms with Crippen LogP contribution in [-0.4, -0.2) is 36.2 Å². The maximum Gasteiger partial charge on any atom is 0.241 e. The lowest BCUT2D eigenvalue weighted by atomic mass is 10.4. The van der Waals surface area contributed by atoms with E-state index in [9.17, 15) is 0 Å². The Morgan fingerprint density at radius 2 is 2.08 bits per heavy atom.